The molecule has 1 rings (SSSR count). The van der Waals surface area contributed by atoms with Crippen LogP contribution in [-0.4, -0.2) is 0 Å². The summed E-state index contributed by atoms with van der Waals surface area (Å²) in [4.78, 5) is 0. The highest BCUT2D eigenvalue weighted by Gasteiger charge is 2.30. The molecule has 0 aromatic carbocycles. The van der Waals surface area contributed by atoms with E-state index in [0.717, 1.165) is 0 Å². The molecule has 1 aromatic heterocycles. The van der Waals surface area contributed by atoms with Gasteiger partial charge in [-0.2, -0.15) is 0 Å². The molecule has 0 aliphatic carbocycles. The third-order valence-electron chi connectivity index (χ3n) is 12.1. The summed E-state index contributed by atoms with van der Waals surface area (Å²) >= 11 is 0. The van der Waals surface area contributed by atoms with Crippen molar-refractivity contribution in [1.82, 2.24) is 0 Å². The smallest absolute Gasteiger partial charge is 0.168 e. The van der Waals surface area contributed by atoms with Gasteiger partial charge in [0.05, 0.1) is 0 Å². The van der Waals surface area contributed by atoms with E-state index in [4.69, 9.17) is 0 Å². The minimum absolute atomic E-state index is 0.558. The van der Waals surface area contributed by atoms with Gasteiger partial charge in [0.25, 0.3) is 0 Å². The van der Waals surface area contributed by atoms with Gasteiger partial charge in [0.1, 0.15) is 6.54 Å². The molecule has 0 saturated heterocycles. The van der Waals surface area contributed by atoms with E-state index in [1.54, 1.807) is 0 Å². The van der Waals surface area contributed by atoms with Crippen molar-refractivity contribution in [2.24, 2.45) is 5.41 Å². The molecule has 0 unspecified atom stereocenters. The summed E-state index contributed by atoms with van der Waals surface area (Å²) in [6, 6.07) is 6.61. The summed E-state index contributed by atoms with van der Waals surface area (Å²) in [5.74, 6) is 0. The molecule has 1 heteroatoms. The van der Waals surface area contributed by atoms with Crippen molar-refractivity contribution < 1.29 is 4.57 Å². The average molecular weight is 697 g/mol. The van der Waals surface area contributed by atoms with E-state index < -0.39 is 0 Å². The molecule has 0 fully saturated rings. The molecule has 1 aromatic rings. The number of aromatic nitrogens is 1. The van der Waals surface area contributed by atoms with Crippen LogP contribution in [-0.2, 0) is 6.54 Å². The van der Waals surface area contributed by atoms with Crippen molar-refractivity contribution in [1.29, 1.82) is 0 Å². The van der Waals surface area contributed by atoms with Crippen molar-refractivity contribution in [3.05, 3.63) is 30.6 Å². The molecule has 1 heterocycles. The predicted molar refractivity (Wildman–Crippen MR) is 226 cm³/mol. The van der Waals surface area contributed by atoms with Gasteiger partial charge >= 0.3 is 0 Å². The highest BCUT2D eigenvalue weighted by Crippen LogP contribution is 2.41. The topological polar surface area (TPSA) is 3.88 Å². The summed E-state index contributed by atoms with van der Waals surface area (Å²) in [7, 11) is 0. The molecule has 50 heavy (non-hydrogen) atoms. The zero-order valence-electron chi connectivity index (χ0n) is 35.1. The third kappa shape index (κ3) is 30.7. The maximum atomic E-state index is 2.46. The van der Waals surface area contributed by atoms with Crippen LogP contribution in [0.3, 0.4) is 0 Å². The predicted octanol–water partition coefficient (Wildman–Crippen LogP) is 17.2. The molecule has 0 aliphatic heterocycles. The molecule has 0 N–H and O–H groups in total. The number of nitrogens with zero attached hydrogens (tertiary/aromatic N) is 1. The van der Waals surface area contributed by atoms with Crippen LogP contribution in [0.1, 0.15) is 271 Å². The fourth-order valence-corrected chi connectivity index (χ4v) is 8.55. The zero-order valence-corrected chi connectivity index (χ0v) is 35.1. The number of rotatable bonds is 41. The standard InChI is InChI=1S/C49H94N/c1-4-7-10-13-15-17-19-21-23-25-27-29-31-34-38-43-49(42-37-33-12-9-6-3,45-48-50-46-40-36-41-47-50)44-39-35-32-30-28-26-24-22-20-18-16-14-11-8-5-2/h36,40-41,46-47H,4-35,37-39,42-45,48H2,1-3H3/q+1. The van der Waals surface area contributed by atoms with E-state index in [1.807, 2.05) is 0 Å². The van der Waals surface area contributed by atoms with Crippen LogP contribution in [0.15, 0.2) is 30.6 Å². The van der Waals surface area contributed by atoms with E-state index in [9.17, 15) is 0 Å². The second-order valence-electron chi connectivity index (χ2n) is 16.9. The van der Waals surface area contributed by atoms with Gasteiger partial charge in [0.2, 0.25) is 0 Å². The number of hydrogen-bond acceptors (Lipinski definition) is 0. The molecule has 0 aliphatic rings. The highest BCUT2D eigenvalue weighted by molar-refractivity contribution is 4.84. The second kappa shape index (κ2) is 37.9. The molecule has 0 spiro atoms. The number of pyridine rings is 1. The zero-order chi connectivity index (χ0) is 35.9. The Morgan fingerprint density at radius 3 is 0.780 bits per heavy atom. The number of hydrogen-bond donors (Lipinski definition) is 0. The molecular formula is C49H94N+. The molecule has 1 nitrogen and oxygen atoms in total. The highest BCUT2D eigenvalue weighted by atomic mass is 14.9. The van der Waals surface area contributed by atoms with Crippen LogP contribution >= 0.6 is 0 Å². The van der Waals surface area contributed by atoms with Crippen LogP contribution in [0.5, 0.6) is 0 Å². The van der Waals surface area contributed by atoms with Gasteiger partial charge in [-0.1, -0.05) is 252 Å². The minimum Gasteiger partial charge on any atom is -0.205 e. The monoisotopic (exact) mass is 697 g/mol. The van der Waals surface area contributed by atoms with Crippen LogP contribution in [0.25, 0.3) is 0 Å². The molecule has 0 amide bonds. The second-order valence-corrected chi connectivity index (χ2v) is 16.9. The van der Waals surface area contributed by atoms with Gasteiger partial charge in [-0.15, -0.1) is 0 Å². The lowest BCUT2D eigenvalue weighted by Gasteiger charge is -2.34. The molecule has 0 bridgehead atoms. The van der Waals surface area contributed by atoms with Gasteiger partial charge in [-0.25, -0.2) is 4.57 Å². The van der Waals surface area contributed by atoms with Gasteiger partial charge in [-0.05, 0) is 24.7 Å². The van der Waals surface area contributed by atoms with Crippen molar-refractivity contribution in [3.8, 4) is 0 Å². The Labute approximate surface area is 317 Å². The van der Waals surface area contributed by atoms with Crippen molar-refractivity contribution in [2.75, 3.05) is 0 Å². The summed E-state index contributed by atoms with van der Waals surface area (Å²) in [5.41, 5.74) is 0.558. The minimum atomic E-state index is 0.558. The summed E-state index contributed by atoms with van der Waals surface area (Å²) in [6.45, 7) is 8.19. The fraction of sp³-hybridized carbons (Fsp3) is 0.898. The Morgan fingerprint density at radius 2 is 0.520 bits per heavy atom. The molecule has 0 saturated carbocycles. The average Bonchev–Trinajstić information content (AvgIpc) is 3.14. The van der Waals surface area contributed by atoms with Gasteiger partial charge in [0, 0.05) is 18.6 Å². The lowest BCUT2D eigenvalue weighted by Crippen LogP contribution is -2.36. The van der Waals surface area contributed by atoms with Crippen LogP contribution in [0.4, 0.5) is 0 Å². The quantitative estimate of drug-likeness (QED) is 0.0474. The van der Waals surface area contributed by atoms with E-state index in [1.165, 1.54) is 257 Å². The Morgan fingerprint density at radius 1 is 0.280 bits per heavy atom. The first-order valence-corrected chi connectivity index (χ1v) is 23.7. The fourth-order valence-electron chi connectivity index (χ4n) is 8.55. The molecular weight excluding hydrogens is 603 g/mol. The maximum Gasteiger partial charge on any atom is 0.168 e. The molecule has 294 valence electrons. The van der Waals surface area contributed by atoms with Crippen LogP contribution in [0, 0.1) is 5.41 Å². The van der Waals surface area contributed by atoms with Crippen molar-refractivity contribution in [3.63, 3.8) is 0 Å². The van der Waals surface area contributed by atoms with Crippen molar-refractivity contribution in [2.45, 2.75) is 278 Å². The number of unbranched alkanes of at least 4 members (excludes halogenated alkanes) is 32. The van der Waals surface area contributed by atoms with E-state index >= 15 is 0 Å². The molecule has 0 radical (unpaired) electrons. The van der Waals surface area contributed by atoms with Crippen LogP contribution in [0.2, 0.25) is 0 Å². The largest absolute Gasteiger partial charge is 0.205 e. The van der Waals surface area contributed by atoms with E-state index in [-0.39, 0.29) is 0 Å². The number of aryl methyl sites for hydroxylation is 1. The summed E-state index contributed by atoms with van der Waals surface area (Å²) in [6.07, 6.45) is 61.4. The van der Waals surface area contributed by atoms with Gasteiger partial charge in [-0.3, -0.25) is 0 Å². The third-order valence-corrected chi connectivity index (χ3v) is 12.1. The Kier molecular flexibility index (Phi) is 35.7. The summed E-state index contributed by atoms with van der Waals surface area (Å²) in [5, 5.41) is 0. The molecule has 0 atom stereocenters. The Balaban J connectivity index is 2.40. The van der Waals surface area contributed by atoms with Gasteiger partial charge in [0.15, 0.2) is 12.4 Å². The van der Waals surface area contributed by atoms with E-state index in [0.29, 0.717) is 5.41 Å². The summed E-state index contributed by atoms with van der Waals surface area (Å²) < 4.78 is 2.46. The first-order valence-electron chi connectivity index (χ1n) is 23.7. The maximum absolute atomic E-state index is 2.46. The Hall–Kier alpha value is -0.850. The van der Waals surface area contributed by atoms with Crippen molar-refractivity contribution >= 4 is 0 Å². The Bertz CT molecular complexity index is 722. The first kappa shape index (κ1) is 47.2. The van der Waals surface area contributed by atoms with Crippen LogP contribution < -0.4 is 4.57 Å². The SMILES string of the molecule is CCCCCCCCCCCCCCCCCC(CCCCCCC)(CCCCCCCCCCCCCCCCC)CC[n+]1ccccc1. The lowest BCUT2D eigenvalue weighted by atomic mass is 9.71. The lowest BCUT2D eigenvalue weighted by molar-refractivity contribution is -0.699. The first-order chi connectivity index (χ1) is 24.8. The normalized spacial score (nSPS) is 11.9. The van der Waals surface area contributed by atoms with Gasteiger partial charge < -0.3 is 0 Å². The van der Waals surface area contributed by atoms with E-state index in [2.05, 4.69) is 55.9 Å².